The second-order valence-corrected chi connectivity index (χ2v) is 5.64. The standard InChI is InChI=1S/C15H14Cl2N4O/c1-9-6-10(2)21(20-9)8-14(22)19-13(7-18)11-4-3-5-12(16)15(11)17/h3-6,13H,8H2,1-2H3,(H,19,22)/t13-/m0/s1. The largest absolute Gasteiger partial charge is 0.335 e. The molecule has 1 N–H and O–H groups in total. The fourth-order valence-corrected chi connectivity index (χ4v) is 2.52. The van der Waals surface area contributed by atoms with Gasteiger partial charge in [0.05, 0.1) is 21.8 Å². The zero-order valence-corrected chi connectivity index (χ0v) is 13.6. The van der Waals surface area contributed by atoms with Crippen molar-refractivity contribution in [1.29, 1.82) is 5.26 Å². The van der Waals surface area contributed by atoms with Crippen LogP contribution < -0.4 is 5.32 Å². The van der Waals surface area contributed by atoms with Crippen molar-refractivity contribution in [2.75, 3.05) is 0 Å². The number of amides is 1. The van der Waals surface area contributed by atoms with Gasteiger partial charge in [-0.25, -0.2) is 0 Å². The zero-order chi connectivity index (χ0) is 16.3. The number of aryl methyl sites for hydroxylation is 2. The van der Waals surface area contributed by atoms with Crippen LogP contribution in [-0.2, 0) is 11.3 Å². The number of hydrogen-bond acceptors (Lipinski definition) is 3. The number of rotatable bonds is 4. The molecular weight excluding hydrogens is 323 g/mol. The summed E-state index contributed by atoms with van der Waals surface area (Å²) in [6.07, 6.45) is 0. The van der Waals surface area contributed by atoms with Crippen molar-refractivity contribution in [3.05, 3.63) is 51.3 Å². The molecule has 0 aliphatic carbocycles. The lowest BCUT2D eigenvalue weighted by molar-refractivity contribution is -0.122. The molecule has 22 heavy (non-hydrogen) atoms. The minimum atomic E-state index is -0.865. The summed E-state index contributed by atoms with van der Waals surface area (Å²) in [7, 11) is 0. The van der Waals surface area contributed by atoms with Gasteiger partial charge >= 0.3 is 0 Å². The third-order valence-corrected chi connectivity index (χ3v) is 3.96. The van der Waals surface area contributed by atoms with Crippen molar-refractivity contribution < 1.29 is 4.79 Å². The van der Waals surface area contributed by atoms with Crippen molar-refractivity contribution in [2.45, 2.75) is 26.4 Å². The second-order valence-electron chi connectivity index (χ2n) is 4.86. The van der Waals surface area contributed by atoms with Crippen LogP contribution in [0.2, 0.25) is 10.0 Å². The fourth-order valence-electron chi connectivity index (χ4n) is 2.10. The zero-order valence-electron chi connectivity index (χ0n) is 12.1. The Morgan fingerprint density at radius 3 is 2.77 bits per heavy atom. The van der Waals surface area contributed by atoms with E-state index in [9.17, 15) is 10.1 Å². The van der Waals surface area contributed by atoms with Gasteiger partial charge in [-0.3, -0.25) is 9.48 Å². The topological polar surface area (TPSA) is 70.7 Å². The lowest BCUT2D eigenvalue weighted by Crippen LogP contribution is -2.31. The van der Waals surface area contributed by atoms with Crippen LogP contribution in [-0.4, -0.2) is 15.7 Å². The predicted octanol–water partition coefficient (Wildman–Crippen LogP) is 3.19. The molecule has 0 radical (unpaired) electrons. The predicted molar refractivity (Wildman–Crippen MR) is 84.7 cm³/mol. The van der Waals surface area contributed by atoms with Gasteiger partial charge in [-0.2, -0.15) is 10.4 Å². The number of nitrogens with one attached hydrogen (secondary N) is 1. The molecule has 1 heterocycles. The molecule has 0 spiro atoms. The Morgan fingerprint density at radius 2 is 2.18 bits per heavy atom. The third-order valence-electron chi connectivity index (χ3n) is 3.12. The van der Waals surface area contributed by atoms with Crippen LogP contribution in [0.3, 0.4) is 0 Å². The lowest BCUT2D eigenvalue weighted by Gasteiger charge is -2.14. The average molecular weight is 337 g/mol. The summed E-state index contributed by atoms with van der Waals surface area (Å²) in [6, 6.07) is 8.00. The van der Waals surface area contributed by atoms with E-state index in [1.54, 1.807) is 22.9 Å². The van der Waals surface area contributed by atoms with Crippen LogP contribution in [0.15, 0.2) is 24.3 Å². The summed E-state index contributed by atoms with van der Waals surface area (Å²) in [5.41, 5.74) is 2.18. The average Bonchev–Trinajstić information content (AvgIpc) is 2.77. The molecule has 0 aliphatic rings. The first kappa shape index (κ1) is 16.3. The molecule has 0 bridgehead atoms. The monoisotopic (exact) mass is 336 g/mol. The summed E-state index contributed by atoms with van der Waals surface area (Å²) >= 11 is 12.0. The van der Waals surface area contributed by atoms with E-state index in [1.807, 2.05) is 26.0 Å². The Labute approximate surface area is 138 Å². The van der Waals surface area contributed by atoms with Crippen molar-refractivity contribution in [1.82, 2.24) is 15.1 Å². The van der Waals surface area contributed by atoms with Crippen molar-refractivity contribution in [3.8, 4) is 6.07 Å². The van der Waals surface area contributed by atoms with E-state index in [1.165, 1.54) is 0 Å². The molecular formula is C15H14Cl2N4O. The highest BCUT2D eigenvalue weighted by Crippen LogP contribution is 2.29. The molecule has 114 valence electrons. The molecule has 0 fully saturated rings. The highest BCUT2D eigenvalue weighted by molar-refractivity contribution is 6.42. The van der Waals surface area contributed by atoms with Gasteiger partial charge in [-0.05, 0) is 26.0 Å². The maximum absolute atomic E-state index is 12.1. The first-order valence-corrected chi connectivity index (χ1v) is 7.32. The van der Waals surface area contributed by atoms with Gasteiger partial charge in [-0.1, -0.05) is 35.3 Å². The summed E-state index contributed by atoms with van der Waals surface area (Å²) in [5.74, 6) is -0.325. The molecule has 0 saturated carbocycles. The van der Waals surface area contributed by atoms with E-state index in [-0.39, 0.29) is 17.5 Å². The second kappa shape index (κ2) is 6.82. The Morgan fingerprint density at radius 1 is 1.45 bits per heavy atom. The lowest BCUT2D eigenvalue weighted by atomic mass is 10.1. The van der Waals surface area contributed by atoms with Crippen LogP contribution >= 0.6 is 23.2 Å². The Kier molecular flexibility index (Phi) is 5.07. The molecule has 5 nitrogen and oxygen atoms in total. The van der Waals surface area contributed by atoms with Crippen LogP contribution in [0, 0.1) is 25.2 Å². The van der Waals surface area contributed by atoms with Gasteiger partial charge < -0.3 is 5.32 Å². The number of nitrogens with zero attached hydrogens (tertiary/aromatic N) is 3. The molecule has 0 saturated heterocycles. The highest BCUT2D eigenvalue weighted by Gasteiger charge is 2.18. The van der Waals surface area contributed by atoms with Crippen molar-refractivity contribution >= 4 is 29.1 Å². The van der Waals surface area contributed by atoms with Gasteiger partial charge in [0, 0.05) is 11.3 Å². The summed E-state index contributed by atoms with van der Waals surface area (Å²) in [4.78, 5) is 12.1. The van der Waals surface area contributed by atoms with Crippen LogP contribution in [0.25, 0.3) is 0 Å². The quantitative estimate of drug-likeness (QED) is 0.931. The van der Waals surface area contributed by atoms with Crippen LogP contribution in [0.4, 0.5) is 0 Å². The number of nitriles is 1. The van der Waals surface area contributed by atoms with Gasteiger partial charge in [0.25, 0.3) is 0 Å². The number of halogens is 2. The fraction of sp³-hybridized carbons (Fsp3) is 0.267. The molecule has 2 aromatic rings. The molecule has 1 amide bonds. The summed E-state index contributed by atoms with van der Waals surface area (Å²) < 4.78 is 1.58. The van der Waals surface area contributed by atoms with Gasteiger partial charge in [0.15, 0.2) is 0 Å². The molecule has 0 unspecified atom stereocenters. The maximum atomic E-state index is 12.1. The van der Waals surface area contributed by atoms with E-state index >= 15 is 0 Å². The minimum absolute atomic E-state index is 0.0377. The van der Waals surface area contributed by atoms with Gasteiger partial charge in [-0.15, -0.1) is 0 Å². The van der Waals surface area contributed by atoms with E-state index in [4.69, 9.17) is 23.2 Å². The van der Waals surface area contributed by atoms with E-state index < -0.39 is 6.04 Å². The van der Waals surface area contributed by atoms with Crippen molar-refractivity contribution in [3.63, 3.8) is 0 Å². The first-order chi connectivity index (χ1) is 10.4. The Balaban J connectivity index is 2.13. The molecule has 1 atom stereocenters. The SMILES string of the molecule is Cc1cc(C)n(CC(=O)N[C@@H](C#N)c2cccc(Cl)c2Cl)n1. The van der Waals surface area contributed by atoms with Gasteiger partial charge in [0.2, 0.25) is 5.91 Å². The molecule has 2 rings (SSSR count). The normalized spacial score (nSPS) is 11.8. The minimum Gasteiger partial charge on any atom is -0.335 e. The van der Waals surface area contributed by atoms with Crippen LogP contribution in [0.1, 0.15) is 23.0 Å². The maximum Gasteiger partial charge on any atom is 0.243 e. The number of hydrogen-bond donors (Lipinski definition) is 1. The molecule has 0 aliphatic heterocycles. The van der Waals surface area contributed by atoms with E-state index in [2.05, 4.69) is 10.4 Å². The summed E-state index contributed by atoms with van der Waals surface area (Å²) in [5, 5.41) is 16.7. The number of benzene rings is 1. The number of carbonyl (C=O) groups excluding carboxylic acids is 1. The van der Waals surface area contributed by atoms with Gasteiger partial charge in [0.1, 0.15) is 12.6 Å². The number of aromatic nitrogens is 2. The highest BCUT2D eigenvalue weighted by atomic mass is 35.5. The van der Waals surface area contributed by atoms with E-state index in [0.717, 1.165) is 11.4 Å². The smallest absolute Gasteiger partial charge is 0.243 e. The number of carbonyl (C=O) groups is 1. The molecule has 1 aromatic carbocycles. The summed E-state index contributed by atoms with van der Waals surface area (Å²) in [6.45, 7) is 3.75. The third kappa shape index (κ3) is 3.59. The first-order valence-electron chi connectivity index (χ1n) is 6.56. The molecule has 7 heteroatoms. The Bertz CT molecular complexity index is 748. The van der Waals surface area contributed by atoms with E-state index in [0.29, 0.717) is 10.6 Å². The molecule has 1 aromatic heterocycles. The van der Waals surface area contributed by atoms with Crippen LogP contribution in [0.5, 0.6) is 0 Å². The van der Waals surface area contributed by atoms with Crippen molar-refractivity contribution in [2.24, 2.45) is 0 Å². The Hall–Kier alpha value is -2.03.